The van der Waals surface area contributed by atoms with Crippen LogP contribution in [0.3, 0.4) is 0 Å². The average Bonchev–Trinajstić information content (AvgIpc) is 2.68. The molecule has 0 radical (unpaired) electrons. The van der Waals surface area contributed by atoms with Crippen molar-refractivity contribution in [2.75, 3.05) is 7.11 Å². The molecule has 2 aromatic carbocycles. The zero-order chi connectivity index (χ0) is 17.9. The van der Waals surface area contributed by atoms with Gasteiger partial charge in [-0.3, -0.25) is 0 Å². The Balaban J connectivity index is 2.45. The van der Waals surface area contributed by atoms with Gasteiger partial charge in [-0.05, 0) is 0 Å². The van der Waals surface area contributed by atoms with Gasteiger partial charge in [0.2, 0.25) is 0 Å². The molecule has 0 aliphatic heterocycles. The molecular formula is C21H20ClO2P. The van der Waals surface area contributed by atoms with Gasteiger partial charge in [-0.25, -0.2) is 0 Å². The van der Waals surface area contributed by atoms with Crippen LogP contribution < -0.4 is 10.6 Å². The number of rotatable bonds is 4. The number of carbonyl (C=O) groups excluding carboxylic acids is 1. The summed E-state index contributed by atoms with van der Waals surface area (Å²) in [6.07, 6.45) is 7.69. The van der Waals surface area contributed by atoms with E-state index < -0.39 is 11.7 Å². The van der Waals surface area contributed by atoms with Crippen molar-refractivity contribution in [3.8, 4) is 0 Å². The topological polar surface area (TPSA) is 26.3 Å². The molecule has 0 bridgehead atoms. The molecule has 1 atom stereocenters. The Morgan fingerprint density at radius 3 is 1.96 bits per heavy atom. The molecule has 25 heavy (non-hydrogen) atoms. The van der Waals surface area contributed by atoms with Crippen LogP contribution >= 0.6 is 17.2 Å². The fourth-order valence-corrected chi connectivity index (χ4v) is 9.50. The molecule has 0 fully saturated rings. The number of hydrogen-bond donors (Lipinski definition) is 0. The van der Waals surface area contributed by atoms with Crippen LogP contribution in [-0.2, 0) is 4.74 Å². The number of hydrogen-bond acceptors (Lipinski definition) is 2. The molecular weight excluding hydrogens is 351 g/mol. The van der Waals surface area contributed by atoms with Crippen molar-refractivity contribution in [3.05, 3.63) is 97.1 Å². The van der Waals surface area contributed by atoms with Gasteiger partial charge >= 0.3 is 153 Å². The first-order valence-corrected chi connectivity index (χ1v) is 11.2. The molecule has 1 unspecified atom stereocenters. The zero-order valence-corrected chi connectivity index (χ0v) is 15.7. The molecule has 1 aliphatic rings. The van der Waals surface area contributed by atoms with Gasteiger partial charge in [-0.1, -0.05) is 0 Å². The maximum atomic E-state index is 13.4. The number of ether oxygens (including phenoxy) is 1. The summed E-state index contributed by atoms with van der Waals surface area (Å²) in [5.41, 5.74) is 0.0272. The predicted molar refractivity (Wildman–Crippen MR) is 109 cm³/mol. The number of halogens is 1. The molecule has 0 heterocycles. The fraction of sp³-hybridized carbons (Fsp3) is 0.0952. The molecule has 3 rings (SSSR count). The van der Waals surface area contributed by atoms with Crippen LogP contribution in [0.15, 0.2) is 97.1 Å². The van der Waals surface area contributed by atoms with Gasteiger partial charge in [0.05, 0.1) is 0 Å². The summed E-state index contributed by atoms with van der Waals surface area (Å²) in [5.74, 6) is -3.95. The van der Waals surface area contributed by atoms with Crippen LogP contribution in [0.5, 0.6) is 0 Å². The predicted octanol–water partition coefficient (Wildman–Crippen LogP) is 5.16. The summed E-state index contributed by atoms with van der Waals surface area (Å²) in [7, 11) is 1.39. The van der Waals surface area contributed by atoms with Crippen LogP contribution in [0, 0.1) is 0 Å². The van der Waals surface area contributed by atoms with E-state index in [1.165, 1.54) is 7.11 Å². The molecule has 2 nitrogen and oxygen atoms in total. The second kappa shape index (κ2) is 6.63. The minimum atomic E-state index is -3.95. The van der Waals surface area contributed by atoms with Gasteiger partial charge in [0.1, 0.15) is 0 Å². The van der Waals surface area contributed by atoms with Crippen molar-refractivity contribution in [2.45, 2.75) is 5.66 Å². The third-order valence-corrected chi connectivity index (χ3v) is 11.9. The van der Waals surface area contributed by atoms with Gasteiger partial charge in [-0.15, -0.1) is 0 Å². The maximum absolute atomic E-state index is 13.4. The number of carbonyl (C=O) groups is 1. The number of methoxy groups -OCH3 is 1. The van der Waals surface area contributed by atoms with Gasteiger partial charge < -0.3 is 0 Å². The Hall–Kier alpha value is -2.15. The van der Waals surface area contributed by atoms with Crippen LogP contribution in [0.25, 0.3) is 0 Å². The summed E-state index contributed by atoms with van der Waals surface area (Å²) in [6, 6.07) is 19.1. The van der Waals surface area contributed by atoms with E-state index >= 15 is 0 Å². The van der Waals surface area contributed by atoms with Crippen LogP contribution in [0.2, 0.25) is 0 Å². The van der Waals surface area contributed by atoms with E-state index in [0.717, 1.165) is 16.2 Å². The molecule has 0 saturated carbocycles. The van der Waals surface area contributed by atoms with Crippen molar-refractivity contribution in [1.29, 1.82) is 0 Å². The Bertz CT molecular complexity index is 816. The molecule has 0 amide bonds. The monoisotopic (exact) mass is 370 g/mol. The summed E-state index contributed by atoms with van der Waals surface area (Å²) in [6.45, 7) is 4.18. The summed E-state index contributed by atoms with van der Waals surface area (Å²) in [4.78, 5) is 13.4. The fourth-order valence-electron chi connectivity index (χ4n) is 3.46. The number of allylic oxidation sites excluding steroid dienone is 5. The Kier molecular flexibility index (Phi) is 4.69. The Morgan fingerprint density at radius 2 is 1.52 bits per heavy atom. The van der Waals surface area contributed by atoms with E-state index in [0.29, 0.717) is 0 Å². The molecule has 0 N–H and O–H groups in total. The van der Waals surface area contributed by atoms with E-state index in [9.17, 15) is 4.79 Å². The first kappa shape index (κ1) is 17.7. The SMILES string of the molecule is C=C1C=CC=CC1P(Cl)(C(=O)OC)(c1ccccc1)c1ccccc1. The quantitative estimate of drug-likeness (QED) is 0.695. The molecule has 0 spiro atoms. The second-order valence-corrected chi connectivity index (χ2v) is 12.2. The Labute approximate surface area is 153 Å². The first-order valence-electron chi connectivity index (χ1n) is 8.00. The van der Waals surface area contributed by atoms with Gasteiger partial charge in [-0.2, -0.15) is 0 Å². The van der Waals surface area contributed by atoms with Crippen molar-refractivity contribution in [3.63, 3.8) is 0 Å². The third kappa shape index (κ3) is 2.49. The number of benzene rings is 2. The van der Waals surface area contributed by atoms with Crippen molar-refractivity contribution in [2.24, 2.45) is 0 Å². The van der Waals surface area contributed by atoms with Gasteiger partial charge in [0.25, 0.3) is 0 Å². The van der Waals surface area contributed by atoms with Gasteiger partial charge in [0, 0.05) is 0 Å². The van der Waals surface area contributed by atoms with Crippen molar-refractivity contribution >= 4 is 33.5 Å². The average molecular weight is 371 g/mol. The summed E-state index contributed by atoms with van der Waals surface area (Å²) >= 11 is 7.58. The standard InChI is InChI=1S/C21H20ClO2P/c1-17-11-9-10-16-20(17)25(22,21(23)24-2,18-12-5-3-6-13-18)19-14-7-4-8-15-19/h3-16,20H,1H2,2H3. The molecule has 0 saturated heterocycles. The molecule has 128 valence electrons. The van der Waals surface area contributed by atoms with Crippen LogP contribution in [-0.4, -0.2) is 18.5 Å². The normalized spacial score (nSPS) is 18.4. The molecule has 4 heteroatoms. The van der Waals surface area contributed by atoms with E-state index in [-0.39, 0.29) is 5.66 Å². The van der Waals surface area contributed by atoms with E-state index in [2.05, 4.69) is 6.58 Å². The van der Waals surface area contributed by atoms with Crippen LogP contribution in [0.4, 0.5) is 4.79 Å². The summed E-state index contributed by atoms with van der Waals surface area (Å²) in [5, 5.41) is 1.55. The third-order valence-electron chi connectivity index (χ3n) is 4.67. The zero-order valence-electron chi connectivity index (χ0n) is 14.0. The Morgan fingerprint density at radius 1 is 1.00 bits per heavy atom. The van der Waals surface area contributed by atoms with Crippen molar-refractivity contribution in [1.82, 2.24) is 0 Å². The second-order valence-electron chi connectivity index (χ2n) is 5.98. The van der Waals surface area contributed by atoms with Crippen molar-refractivity contribution < 1.29 is 9.53 Å². The first-order chi connectivity index (χ1) is 12.0. The molecule has 2 aromatic rings. The van der Waals surface area contributed by atoms with Crippen LogP contribution in [0.1, 0.15) is 0 Å². The molecule has 0 aromatic heterocycles. The van der Waals surface area contributed by atoms with Gasteiger partial charge in [0.15, 0.2) is 0 Å². The minimum absolute atomic E-state index is 0.366. The summed E-state index contributed by atoms with van der Waals surface area (Å²) < 4.78 is 5.32. The van der Waals surface area contributed by atoms with E-state index in [4.69, 9.17) is 16.0 Å². The van der Waals surface area contributed by atoms with E-state index in [1.54, 1.807) is 0 Å². The molecule has 1 aliphatic carbocycles. The van der Waals surface area contributed by atoms with E-state index in [1.807, 2.05) is 85.0 Å².